The molecule has 1 aromatic rings. The fourth-order valence-electron chi connectivity index (χ4n) is 0.645. The third-order valence-electron chi connectivity index (χ3n) is 1.08. The van der Waals surface area contributed by atoms with Crippen molar-refractivity contribution in [1.82, 2.24) is 4.98 Å². The molecular weight excluding hydrogens is 124 g/mol. The molecule has 0 bridgehead atoms. The molecule has 0 atom stereocenters. The van der Waals surface area contributed by atoms with Crippen molar-refractivity contribution < 1.29 is 0 Å². The number of H-pyrrole nitrogens is 1. The number of hydrogen-bond acceptors (Lipinski definition) is 1. The molecule has 0 spiro atoms. The summed E-state index contributed by atoms with van der Waals surface area (Å²) in [5, 5.41) is 0. The van der Waals surface area contributed by atoms with E-state index in [9.17, 15) is 0 Å². The molecule has 1 N–H and O–H groups in total. The summed E-state index contributed by atoms with van der Waals surface area (Å²) < 4.78 is 0. The lowest BCUT2D eigenvalue weighted by Crippen LogP contribution is -2.04. The van der Waals surface area contributed by atoms with E-state index in [1.165, 1.54) is 0 Å². The molecule has 0 radical (unpaired) electrons. The van der Waals surface area contributed by atoms with Crippen LogP contribution in [0.5, 0.6) is 0 Å². The van der Waals surface area contributed by atoms with E-state index < -0.39 is 0 Å². The monoisotopic (exact) mass is 134 g/mol. The Morgan fingerprint density at radius 2 is 2.50 bits per heavy atom. The number of nitrogens with zero attached hydrogens (tertiary/aromatic N) is 1. The van der Waals surface area contributed by atoms with Crippen LogP contribution in [-0.4, -0.2) is 11.5 Å². The summed E-state index contributed by atoms with van der Waals surface area (Å²) in [4.78, 5) is 7.14. The second kappa shape index (κ2) is 3.67. The molecule has 1 heterocycles. The Hall–Kier alpha value is -1.31. The maximum absolute atomic E-state index is 4.15. The van der Waals surface area contributed by atoms with E-state index in [1.807, 2.05) is 24.4 Å². The van der Waals surface area contributed by atoms with Gasteiger partial charge in [0.15, 0.2) is 0 Å². The summed E-state index contributed by atoms with van der Waals surface area (Å²) >= 11 is 0. The molecule has 0 amide bonds. The van der Waals surface area contributed by atoms with Gasteiger partial charge < -0.3 is 4.98 Å². The average molecular weight is 134 g/mol. The first-order valence-electron chi connectivity index (χ1n) is 3.18. The van der Waals surface area contributed by atoms with Gasteiger partial charge in [-0.1, -0.05) is 12.1 Å². The van der Waals surface area contributed by atoms with Crippen LogP contribution in [0, 0.1) is 0 Å². The molecule has 0 aliphatic rings. The predicted molar refractivity (Wildman–Crippen MR) is 41.4 cm³/mol. The summed E-state index contributed by atoms with van der Waals surface area (Å²) in [6, 6.07) is 5.79. The van der Waals surface area contributed by atoms with Crippen molar-refractivity contribution in [1.29, 1.82) is 0 Å². The van der Waals surface area contributed by atoms with Gasteiger partial charge in [0, 0.05) is 6.20 Å². The van der Waals surface area contributed by atoms with Crippen molar-refractivity contribution in [3.8, 4) is 0 Å². The van der Waals surface area contributed by atoms with E-state index in [0.717, 1.165) is 5.49 Å². The maximum atomic E-state index is 4.15. The zero-order chi connectivity index (χ0) is 7.23. The largest absolute Gasteiger partial charge is 0.347 e. The smallest absolute Gasteiger partial charge is 0.125 e. The Kier molecular flexibility index (Phi) is 2.49. The minimum atomic E-state index is 0.667. The van der Waals surface area contributed by atoms with Crippen LogP contribution in [0.1, 0.15) is 0 Å². The molecule has 0 saturated carbocycles. The molecule has 0 saturated heterocycles. The van der Waals surface area contributed by atoms with Crippen LogP contribution < -0.4 is 5.49 Å². The van der Waals surface area contributed by atoms with Gasteiger partial charge in [0.1, 0.15) is 5.49 Å². The minimum absolute atomic E-state index is 0.667. The van der Waals surface area contributed by atoms with E-state index >= 15 is 0 Å². The summed E-state index contributed by atoms with van der Waals surface area (Å²) in [7, 11) is 0. The molecule has 2 heteroatoms. The highest BCUT2D eigenvalue weighted by Crippen LogP contribution is 1.71. The minimum Gasteiger partial charge on any atom is -0.347 e. The zero-order valence-corrected chi connectivity index (χ0v) is 5.75. The third-order valence-corrected chi connectivity index (χ3v) is 1.08. The normalized spacial score (nSPS) is 11.4. The molecule has 0 fully saturated rings. The van der Waals surface area contributed by atoms with E-state index in [1.54, 1.807) is 6.08 Å². The van der Waals surface area contributed by atoms with Crippen LogP contribution in [-0.2, 0) is 0 Å². The van der Waals surface area contributed by atoms with Gasteiger partial charge in [-0.2, -0.15) is 0 Å². The number of aromatic amines is 1. The highest BCUT2D eigenvalue weighted by molar-refractivity contribution is 4.89. The number of aromatic nitrogens is 1. The highest BCUT2D eigenvalue weighted by Gasteiger charge is 1.73. The fourth-order valence-corrected chi connectivity index (χ4v) is 0.645. The van der Waals surface area contributed by atoms with Crippen molar-refractivity contribution >= 4 is 0 Å². The van der Waals surface area contributed by atoms with E-state index in [2.05, 4.69) is 16.6 Å². The van der Waals surface area contributed by atoms with Crippen LogP contribution >= 0.6 is 0 Å². The molecule has 10 heavy (non-hydrogen) atoms. The Labute approximate surface area is 60.0 Å². The first-order valence-corrected chi connectivity index (χ1v) is 3.18. The third kappa shape index (κ3) is 1.90. The average Bonchev–Trinajstić information content (AvgIpc) is 2.03. The topological polar surface area (TPSA) is 28.1 Å². The molecule has 2 nitrogen and oxygen atoms in total. The lowest BCUT2D eigenvalue weighted by Gasteiger charge is -1.84. The van der Waals surface area contributed by atoms with Gasteiger partial charge in [0.05, 0.1) is 6.54 Å². The van der Waals surface area contributed by atoms with Crippen LogP contribution in [0.25, 0.3) is 0 Å². The molecule has 0 aliphatic carbocycles. The SMILES string of the molecule is C=CCN=c1cccc[nH]1. The lowest BCUT2D eigenvalue weighted by molar-refractivity contribution is 1.06. The number of nitrogens with one attached hydrogen (secondary N) is 1. The molecule has 0 aliphatic heterocycles. The second-order valence-corrected chi connectivity index (χ2v) is 1.88. The van der Waals surface area contributed by atoms with Gasteiger partial charge in [0.2, 0.25) is 0 Å². The van der Waals surface area contributed by atoms with Gasteiger partial charge in [-0.15, -0.1) is 6.58 Å². The first-order chi connectivity index (χ1) is 4.93. The van der Waals surface area contributed by atoms with Crippen LogP contribution in [0.15, 0.2) is 42.0 Å². The molecule has 1 rings (SSSR count). The number of rotatable bonds is 2. The molecular formula is C8H10N2. The second-order valence-electron chi connectivity index (χ2n) is 1.88. The Morgan fingerprint density at radius 3 is 3.10 bits per heavy atom. The Balaban J connectivity index is 2.83. The van der Waals surface area contributed by atoms with E-state index in [4.69, 9.17) is 0 Å². The lowest BCUT2D eigenvalue weighted by atomic mass is 10.5. The summed E-state index contributed by atoms with van der Waals surface area (Å²) in [5.41, 5.74) is 0.891. The first kappa shape index (κ1) is 6.81. The molecule has 0 unspecified atom stereocenters. The molecule has 0 aromatic carbocycles. The van der Waals surface area contributed by atoms with Crippen LogP contribution in [0.4, 0.5) is 0 Å². The predicted octanol–water partition coefficient (Wildman–Crippen LogP) is 1.10. The van der Waals surface area contributed by atoms with Crippen molar-refractivity contribution in [2.24, 2.45) is 4.99 Å². The number of hydrogen-bond donors (Lipinski definition) is 1. The van der Waals surface area contributed by atoms with Crippen molar-refractivity contribution in [3.63, 3.8) is 0 Å². The van der Waals surface area contributed by atoms with E-state index in [-0.39, 0.29) is 0 Å². The molecule has 1 aromatic heterocycles. The summed E-state index contributed by atoms with van der Waals surface area (Å²) in [6.07, 6.45) is 3.61. The van der Waals surface area contributed by atoms with Gasteiger partial charge in [-0.3, -0.25) is 4.99 Å². The van der Waals surface area contributed by atoms with Gasteiger partial charge in [-0.25, -0.2) is 0 Å². The van der Waals surface area contributed by atoms with Crippen molar-refractivity contribution in [3.05, 3.63) is 42.5 Å². The standard InChI is InChI=1S/C8H10N2/c1-2-6-9-8-5-3-4-7-10-8/h2-5,7H,1,6H2,(H,9,10). The van der Waals surface area contributed by atoms with Gasteiger partial charge >= 0.3 is 0 Å². The highest BCUT2D eigenvalue weighted by atomic mass is 14.8. The maximum Gasteiger partial charge on any atom is 0.125 e. The van der Waals surface area contributed by atoms with Crippen LogP contribution in [0.3, 0.4) is 0 Å². The zero-order valence-electron chi connectivity index (χ0n) is 5.75. The van der Waals surface area contributed by atoms with Gasteiger partial charge in [-0.05, 0) is 12.1 Å². The Morgan fingerprint density at radius 1 is 1.60 bits per heavy atom. The Bertz CT molecular complexity index is 242. The number of pyridine rings is 1. The van der Waals surface area contributed by atoms with Gasteiger partial charge in [0.25, 0.3) is 0 Å². The van der Waals surface area contributed by atoms with E-state index in [0.29, 0.717) is 6.54 Å². The summed E-state index contributed by atoms with van der Waals surface area (Å²) in [6.45, 7) is 4.24. The molecule has 52 valence electrons. The van der Waals surface area contributed by atoms with Crippen LogP contribution in [0.2, 0.25) is 0 Å². The summed E-state index contributed by atoms with van der Waals surface area (Å²) in [5.74, 6) is 0. The fraction of sp³-hybridized carbons (Fsp3) is 0.125. The van der Waals surface area contributed by atoms with Crippen molar-refractivity contribution in [2.75, 3.05) is 6.54 Å². The quantitative estimate of drug-likeness (QED) is 0.587. The van der Waals surface area contributed by atoms with Crippen molar-refractivity contribution in [2.45, 2.75) is 0 Å².